The van der Waals surface area contributed by atoms with Crippen molar-refractivity contribution in [3.63, 3.8) is 0 Å². The van der Waals surface area contributed by atoms with Crippen LogP contribution in [0.5, 0.6) is 11.8 Å². The van der Waals surface area contributed by atoms with E-state index in [0.29, 0.717) is 42.4 Å². The van der Waals surface area contributed by atoms with Crippen molar-refractivity contribution in [1.29, 1.82) is 5.26 Å². The van der Waals surface area contributed by atoms with Gasteiger partial charge < -0.3 is 19.3 Å². The van der Waals surface area contributed by atoms with Crippen molar-refractivity contribution in [3.8, 4) is 17.8 Å². The Hall–Kier alpha value is -3.41. The molecular weight excluding hydrogens is 396 g/mol. The second-order valence-corrected chi connectivity index (χ2v) is 8.37. The van der Waals surface area contributed by atoms with Gasteiger partial charge in [0.05, 0.1) is 31.0 Å². The molecule has 1 atom stereocenters. The molecule has 160 valence electrons. The zero-order valence-electron chi connectivity index (χ0n) is 17.6. The molecule has 1 aliphatic carbocycles. The minimum atomic E-state index is -0.177. The second kappa shape index (κ2) is 7.69. The van der Waals surface area contributed by atoms with Gasteiger partial charge in [-0.05, 0) is 25.8 Å². The van der Waals surface area contributed by atoms with E-state index in [2.05, 4.69) is 19.9 Å². The fraction of sp³-hybridized carbons (Fsp3) is 0.500. The number of carbonyl (C=O) groups is 1. The van der Waals surface area contributed by atoms with Crippen molar-refractivity contribution in [2.75, 3.05) is 25.1 Å². The zero-order valence-corrected chi connectivity index (χ0v) is 17.6. The number of aromatic nitrogens is 3. The van der Waals surface area contributed by atoms with Crippen molar-refractivity contribution >= 4 is 11.6 Å². The van der Waals surface area contributed by atoms with Crippen LogP contribution in [0.1, 0.15) is 49.3 Å². The van der Waals surface area contributed by atoms with E-state index < -0.39 is 0 Å². The van der Waals surface area contributed by atoms with Gasteiger partial charge in [0.1, 0.15) is 12.2 Å². The smallest absolute Gasteiger partial charge is 0.235 e. The Bertz CT molecular complexity index is 1060. The van der Waals surface area contributed by atoms with Gasteiger partial charge in [-0.25, -0.2) is 9.97 Å². The lowest BCUT2D eigenvalue weighted by Gasteiger charge is -2.41. The first-order chi connectivity index (χ1) is 15.1. The number of fused-ring (bicyclic) bond motifs is 1. The van der Waals surface area contributed by atoms with E-state index in [1.165, 1.54) is 7.11 Å². The molecule has 0 bridgehead atoms. The topological polar surface area (TPSA) is 104 Å². The highest BCUT2D eigenvalue weighted by molar-refractivity contribution is 5.78. The summed E-state index contributed by atoms with van der Waals surface area (Å²) in [6, 6.07) is 5.74. The third-order valence-corrected chi connectivity index (χ3v) is 6.12. The van der Waals surface area contributed by atoms with Crippen molar-refractivity contribution in [1.82, 2.24) is 19.9 Å². The Morgan fingerprint density at radius 2 is 2.13 bits per heavy atom. The molecule has 3 aliphatic rings. The number of nitrogens with zero attached hydrogens (tertiary/aromatic N) is 6. The summed E-state index contributed by atoms with van der Waals surface area (Å²) in [6.45, 7) is 3.99. The van der Waals surface area contributed by atoms with Gasteiger partial charge in [0.2, 0.25) is 23.5 Å². The Morgan fingerprint density at radius 1 is 1.32 bits per heavy atom. The minimum Gasteiger partial charge on any atom is -0.481 e. The molecule has 1 saturated carbocycles. The highest BCUT2D eigenvalue weighted by atomic mass is 16.5. The first-order valence-electron chi connectivity index (χ1n) is 10.6. The van der Waals surface area contributed by atoms with E-state index in [9.17, 15) is 4.79 Å². The molecule has 0 aromatic carbocycles. The van der Waals surface area contributed by atoms with Crippen molar-refractivity contribution in [2.24, 2.45) is 5.92 Å². The van der Waals surface area contributed by atoms with Crippen molar-refractivity contribution < 1.29 is 14.3 Å². The average Bonchev–Trinajstić information content (AvgIpc) is 3.50. The lowest BCUT2D eigenvalue weighted by Crippen LogP contribution is -2.48. The number of ether oxygens (including phenoxy) is 2. The number of pyridine rings is 1. The molecule has 0 radical (unpaired) electrons. The maximum absolute atomic E-state index is 13.0. The molecule has 1 saturated heterocycles. The number of hydrogen-bond donors (Lipinski definition) is 0. The van der Waals surface area contributed by atoms with E-state index in [1.807, 2.05) is 25.1 Å². The zero-order chi connectivity index (χ0) is 21.5. The monoisotopic (exact) mass is 420 g/mol. The standard InChI is InChI=1S/C22H24N6O3/c1-13-21-17(25-18(9-23)26-22(21)30-2)12-28(13)20(29)7-14-10-27(11-14)15-5-6-24-19(8-15)31-16-3-4-16/h5-6,8,13-14,16H,3-4,7,10-12H2,1-2H3. The Balaban J connectivity index is 1.20. The van der Waals surface area contributed by atoms with Gasteiger partial charge >= 0.3 is 0 Å². The number of nitriles is 1. The Morgan fingerprint density at radius 3 is 2.84 bits per heavy atom. The molecule has 2 aromatic rings. The predicted octanol–water partition coefficient (Wildman–Crippen LogP) is 2.22. The highest BCUT2D eigenvalue weighted by Crippen LogP contribution is 2.39. The summed E-state index contributed by atoms with van der Waals surface area (Å²) in [5, 5.41) is 9.14. The number of anilines is 1. The quantitative estimate of drug-likeness (QED) is 0.701. The van der Waals surface area contributed by atoms with Crippen molar-refractivity contribution in [3.05, 3.63) is 35.4 Å². The van der Waals surface area contributed by atoms with Crippen LogP contribution in [0.2, 0.25) is 0 Å². The average molecular weight is 420 g/mol. The Labute approximate surface area is 180 Å². The number of amides is 1. The molecule has 0 N–H and O–H groups in total. The molecule has 4 heterocycles. The molecule has 2 fully saturated rings. The summed E-state index contributed by atoms with van der Waals surface area (Å²) in [6.07, 6.45) is 4.79. The van der Waals surface area contributed by atoms with Gasteiger partial charge in [-0.15, -0.1) is 0 Å². The molecule has 0 spiro atoms. The first kappa shape index (κ1) is 19.5. The Kier molecular flexibility index (Phi) is 4.85. The normalized spacial score (nSPS) is 20.1. The maximum Gasteiger partial charge on any atom is 0.235 e. The fourth-order valence-corrected chi connectivity index (χ4v) is 4.29. The molecule has 1 amide bonds. The number of carbonyl (C=O) groups excluding carboxylic acids is 1. The van der Waals surface area contributed by atoms with Crippen LogP contribution < -0.4 is 14.4 Å². The van der Waals surface area contributed by atoms with Gasteiger partial charge in [-0.3, -0.25) is 4.79 Å². The number of hydrogen-bond acceptors (Lipinski definition) is 8. The molecule has 31 heavy (non-hydrogen) atoms. The van der Waals surface area contributed by atoms with E-state index in [1.54, 1.807) is 11.1 Å². The SMILES string of the molecule is COc1nc(C#N)nc2c1C(C)N(C(=O)CC1CN(c3ccnc(OC4CC4)c3)C1)C2. The summed E-state index contributed by atoms with van der Waals surface area (Å²) in [5.41, 5.74) is 2.57. The van der Waals surface area contributed by atoms with Gasteiger partial charge in [0, 0.05) is 43.4 Å². The third-order valence-electron chi connectivity index (χ3n) is 6.12. The summed E-state index contributed by atoms with van der Waals surface area (Å²) >= 11 is 0. The van der Waals surface area contributed by atoms with Crippen LogP contribution in [-0.4, -0.2) is 52.1 Å². The predicted molar refractivity (Wildman–Crippen MR) is 110 cm³/mol. The number of methoxy groups -OCH3 is 1. The van der Waals surface area contributed by atoms with Crippen LogP contribution in [0.15, 0.2) is 18.3 Å². The molecule has 2 aromatic heterocycles. The summed E-state index contributed by atoms with van der Waals surface area (Å²) in [7, 11) is 1.52. The van der Waals surface area contributed by atoms with Crippen LogP contribution in [-0.2, 0) is 11.3 Å². The van der Waals surface area contributed by atoms with Crippen molar-refractivity contribution in [2.45, 2.75) is 44.9 Å². The molecular formula is C22H24N6O3. The van der Waals surface area contributed by atoms with E-state index >= 15 is 0 Å². The lowest BCUT2D eigenvalue weighted by atomic mass is 9.94. The van der Waals surface area contributed by atoms with Crippen LogP contribution in [0.3, 0.4) is 0 Å². The van der Waals surface area contributed by atoms with Crippen LogP contribution in [0, 0.1) is 17.2 Å². The van der Waals surface area contributed by atoms with E-state index in [0.717, 1.165) is 37.2 Å². The first-order valence-corrected chi connectivity index (χ1v) is 10.6. The summed E-state index contributed by atoms with van der Waals surface area (Å²) in [5.74, 6) is 1.50. The van der Waals surface area contributed by atoms with Crippen LogP contribution >= 0.6 is 0 Å². The van der Waals surface area contributed by atoms with Gasteiger partial charge in [-0.2, -0.15) is 10.2 Å². The molecule has 2 aliphatic heterocycles. The fourth-order valence-electron chi connectivity index (χ4n) is 4.29. The summed E-state index contributed by atoms with van der Waals surface area (Å²) in [4.78, 5) is 29.8. The van der Waals surface area contributed by atoms with Crippen LogP contribution in [0.25, 0.3) is 0 Å². The van der Waals surface area contributed by atoms with Crippen LogP contribution in [0.4, 0.5) is 5.69 Å². The molecule has 1 unspecified atom stereocenters. The number of rotatable bonds is 6. The largest absolute Gasteiger partial charge is 0.481 e. The summed E-state index contributed by atoms with van der Waals surface area (Å²) < 4.78 is 11.1. The van der Waals surface area contributed by atoms with Gasteiger partial charge in [0.25, 0.3) is 0 Å². The molecule has 9 nitrogen and oxygen atoms in total. The second-order valence-electron chi connectivity index (χ2n) is 8.37. The van der Waals surface area contributed by atoms with Gasteiger partial charge in [0.15, 0.2) is 0 Å². The minimum absolute atomic E-state index is 0.0640. The van der Waals surface area contributed by atoms with Gasteiger partial charge in [-0.1, -0.05) is 0 Å². The van der Waals surface area contributed by atoms with E-state index in [4.69, 9.17) is 14.7 Å². The lowest BCUT2D eigenvalue weighted by molar-refractivity contribution is -0.134. The maximum atomic E-state index is 13.0. The molecule has 9 heteroatoms. The molecule has 5 rings (SSSR count). The highest BCUT2D eigenvalue weighted by Gasteiger charge is 2.38. The third kappa shape index (κ3) is 3.74. The van der Waals surface area contributed by atoms with E-state index in [-0.39, 0.29) is 17.8 Å².